The molecule has 0 fully saturated rings. The number of rotatable bonds is 0. The van der Waals surface area contributed by atoms with Crippen LogP contribution in [0, 0.1) is 0 Å². The lowest BCUT2D eigenvalue weighted by Gasteiger charge is -1.94. The maximum absolute atomic E-state index is 12.8. The molecule has 3 heterocycles. The molecule has 0 N–H and O–H groups in total. The Morgan fingerprint density at radius 2 is 1.05 bits per heavy atom. The van der Waals surface area contributed by atoms with E-state index in [1.165, 1.54) is 9.03 Å². The molecule has 0 atom stereocenters. The monoisotopic (exact) mass is 288 g/mol. The third-order valence-electron chi connectivity index (χ3n) is 3.95. The predicted molar refractivity (Wildman–Crippen MR) is 82.7 cm³/mol. The normalized spacial score (nSPS) is 12.0. The second-order valence-electron chi connectivity index (χ2n) is 5.17. The van der Waals surface area contributed by atoms with E-state index in [1.54, 1.807) is 24.3 Å². The van der Waals surface area contributed by atoms with E-state index in [9.17, 15) is 9.59 Å². The van der Waals surface area contributed by atoms with E-state index in [4.69, 9.17) is 0 Å². The zero-order chi connectivity index (χ0) is 14.8. The highest BCUT2D eigenvalue weighted by atomic mass is 16.2. The van der Waals surface area contributed by atoms with Gasteiger partial charge in [-0.1, -0.05) is 36.4 Å². The largest absolute Gasteiger partial charge is 0.298 e. The number of fused-ring (bicyclic) bond motifs is 6. The summed E-state index contributed by atoms with van der Waals surface area (Å²) in [5, 5.41) is 9.87. The summed E-state index contributed by atoms with van der Waals surface area (Å²) < 4.78 is 2.38. The maximum Gasteiger partial charge on any atom is 0.298 e. The van der Waals surface area contributed by atoms with Gasteiger partial charge in [-0.05, 0) is 12.1 Å². The van der Waals surface area contributed by atoms with Crippen molar-refractivity contribution in [3.8, 4) is 0 Å². The van der Waals surface area contributed by atoms with Gasteiger partial charge in [0, 0.05) is 10.8 Å². The van der Waals surface area contributed by atoms with Crippen molar-refractivity contribution < 1.29 is 0 Å². The number of hydrogen-bond donors (Lipinski definition) is 0. The highest BCUT2D eigenvalue weighted by molar-refractivity contribution is 5.97. The second-order valence-corrected chi connectivity index (χ2v) is 5.17. The van der Waals surface area contributed by atoms with Crippen LogP contribution in [0.25, 0.3) is 32.8 Å². The molecule has 6 heteroatoms. The van der Waals surface area contributed by atoms with Gasteiger partial charge in [-0.15, -0.1) is 0 Å². The molecule has 0 aliphatic carbocycles. The highest BCUT2D eigenvalue weighted by Crippen LogP contribution is 2.18. The van der Waals surface area contributed by atoms with Crippen LogP contribution in [0.1, 0.15) is 0 Å². The van der Waals surface area contributed by atoms with Crippen molar-refractivity contribution in [3.05, 3.63) is 69.2 Å². The molecular formula is C16H8N4O2. The Balaban J connectivity index is 2.21. The summed E-state index contributed by atoms with van der Waals surface area (Å²) >= 11 is 0. The zero-order valence-corrected chi connectivity index (χ0v) is 11.2. The summed E-state index contributed by atoms with van der Waals surface area (Å²) in [6.45, 7) is 0. The summed E-state index contributed by atoms with van der Waals surface area (Å²) in [4.78, 5) is 25.6. The average molecular weight is 288 g/mol. The quantitative estimate of drug-likeness (QED) is 0.432. The van der Waals surface area contributed by atoms with Crippen LogP contribution in [-0.2, 0) is 0 Å². The van der Waals surface area contributed by atoms with Crippen LogP contribution in [-0.4, -0.2) is 19.2 Å². The molecule has 0 amide bonds. The molecule has 0 spiro atoms. The van der Waals surface area contributed by atoms with Gasteiger partial charge in [-0.2, -0.15) is 19.2 Å². The van der Waals surface area contributed by atoms with Gasteiger partial charge in [-0.3, -0.25) is 9.59 Å². The van der Waals surface area contributed by atoms with E-state index in [-0.39, 0.29) is 22.2 Å². The van der Waals surface area contributed by atoms with Gasteiger partial charge in [0.15, 0.2) is 0 Å². The third-order valence-corrected chi connectivity index (χ3v) is 3.95. The van der Waals surface area contributed by atoms with E-state index in [2.05, 4.69) is 10.2 Å². The van der Waals surface area contributed by atoms with Gasteiger partial charge < -0.3 is 0 Å². The number of benzene rings is 2. The van der Waals surface area contributed by atoms with Gasteiger partial charge in [0.05, 0.1) is 11.0 Å². The van der Waals surface area contributed by atoms with Crippen LogP contribution in [0.4, 0.5) is 0 Å². The lowest BCUT2D eigenvalue weighted by Crippen LogP contribution is -2.27. The Morgan fingerprint density at radius 3 is 1.50 bits per heavy atom. The van der Waals surface area contributed by atoms with Crippen LogP contribution in [0.2, 0.25) is 0 Å². The lowest BCUT2D eigenvalue weighted by atomic mass is 10.2. The van der Waals surface area contributed by atoms with Gasteiger partial charge in [0.2, 0.25) is 0 Å². The molecular weight excluding hydrogens is 280 g/mol. The van der Waals surface area contributed by atoms with Crippen LogP contribution < -0.4 is 11.1 Å². The van der Waals surface area contributed by atoms with Crippen molar-refractivity contribution in [2.24, 2.45) is 0 Å². The van der Waals surface area contributed by atoms with Crippen molar-refractivity contribution >= 4 is 32.8 Å². The van der Waals surface area contributed by atoms with Crippen molar-refractivity contribution in [2.75, 3.05) is 0 Å². The fourth-order valence-electron chi connectivity index (χ4n) is 2.97. The fourth-order valence-corrected chi connectivity index (χ4v) is 2.97. The van der Waals surface area contributed by atoms with E-state index < -0.39 is 0 Å². The van der Waals surface area contributed by atoms with E-state index >= 15 is 0 Å². The molecule has 0 unspecified atom stereocenters. The van der Waals surface area contributed by atoms with Crippen LogP contribution >= 0.6 is 0 Å². The third kappa shape index (κ3) is 1.20. The van der Waals surface area contributed by atoms with Crippen LogP contribution in [0.5, 0.6) is 0 Å². The van der Waals surface area contributed by atoms with Crippen molar-refractivity contribution in [3.63, 3.8) is 0 Å². The first-order valence-corrected chi connectivity index (χ1v) is 6.80. The molecule has 22 heavy (non-hydrogen) atoms. The Labute approximate surface area is 122 Å². The molecule has 0 aliphatic rings. The summed E-state index contributed by atoms with van der Waals surface area (Å²) in [7, 11) is 0. The summed E-state index contributed by atoms with van der Waals surface area (Å²) in [6.07, 6.45) is 0. The smallest absolute Gasteiger partial charge is 0.265 e. The van der Waals surface area contributed by atoms with Crippen molar-refractivity contribution in [1.29, 1.82) is 0 Å². The van der Waals surface area contributed by atoms with E-state index in [0.717, 1.165) is 0 Å². The zero-order valence-electron chi connectivity index (χ0n) is 11.2. The summed E-state index contributed by atoms with van der Waals surface area (Å²) in [6, 6.07) is 14.4. The Morgan fingerprint density at radius 1 is 0.636 bits per heavy atom. The predicted octanol–water partition coefficient (Wildman–Crippen LogP) is 1.45. The molecule has 3 aromatic heterocycles. The van der Waals surface area contributed by atoms with Gasteiger partial charge in [-0.25, -0.2) is 0 Å². The Kier molecular flexibility index (Phi) is 1.90. The second kappa shape index (κ2) is 3.67. The molecule has 104 valence electrons. The summed E-state index contributed by atoms with van der Waals surface area (Å²) in [5.41, 5.74) is 1.10. The SMILES string of the molecule is O=c1c2c3ccccc3nn2c(=O)c2c3ccccc3nn12. The molecule has 0 radical (unpaired) electrons. The maximum atomic E-state index is 12.8. The highest BCUT2D eigenvalue weighted by Gasteiger charge is 2.18. The summed E-state index contributed by atoms with van der Waals surface area (Å²) in [5.74, 6) is 0. The molecule has 0 bridgehead atoms. The standard InChI is InChI=1S/C16H8N4O2/c21-15-13-9-5-1-3-7-11(9)17-19(13)16(22)14-10-6-2-4-8-12(10)18-20(14)15/h1-8H. The van der Waals surface area contributed by atoms with Gasteiger partial charge in [0.25, 0.3) is 11.1 Å². The number of aromatic nitrogens is 4. The molecule has 5 aromatic rings. The number of nitrogens with zero attached hydrogens (tertiary/aromatic N) is 4. The number of hydrogen-bond acceptors (Lipinski definition) is 4. The molecule has 5 rings (SSSR count). The molecule has 6 nitrogen and oxygen atoms in total. The first-order valence-electron chi connectivity index (χ1n) is 6.80. The first-order chi connectivity index (χ1) is 10.8. The first kappa shape index (κ1) is 11.4. The molecule has 2 aromatic carbocycles. The molecule has 0 aliphatic heterocycles. The van der Waals surface area contributed by atoms with E-state index in [0.29, 0.717) is 21.8 Å². The minimum Gasteiger partial charge on any atom is -0.265 e. The molecule has 0 saturated carbocycles. The Bertz CT molecular complexity index is 1210. The lowest BCUT2D eigenvalue weighted by molar-refractivity contribution is 0.866. The Hall–Kier alpha value is -3.28. The van der Waals surface area contributed by atoms with Crippen LogP contribution in [0.15, 0.2) is 58.1 Å². The van der Waals surface area contributed by atoms with Crippen molar-refractivity contribution in [1.82, 2.24) is 19.2 Å². The minimum atomic E-state index is -0.334. The fraction of sp³-hybridized carbons (Fsp3) is 0. The average Bonchev–Trinajstić information content (AvgIpc) is 3.12. The van der Waals surface area contributed by atoms with Crippen molar-refractivity contribution in [2.45, 2.75) is 0 Å². The van der Waals surface area contributed by atoms with Gasteiger partial charge >= 0.3 is 0 Å². The molecule has 0 saturated heterocycles. The van der Waals surface area contributed by atoms with E-state index in [1.807, 2.05) is 24.3 Å². The minimum absolute atomic E-state index is 0.265. The van der Waals surface area contributed by atoms with Crippen LogP contribution in [0.3, 0.4) is 0 Å². The van der Waals surface area contributed by atoms with Gasteiger partial charge in [0.1, 0.15) is 11.0 Å². The topological polar surface area (TPSA) is 68.7 Å².